The van der Waals surface area contributed by atoms with Crippen molar-refractivity contribution in [1.29, 1.82) is 0 Å². The largest absolute Gasteiger partial charge is 0.507 e. The molecule has 26 nitrogen and oxygen atoms in total. The molecule has 0 spiro atoms. The number of ether oxygens (including phenoxy) is 3. The minimum Gasteiger partial charge on any atom is -0.507 e. The molecule has 0 radical (unpaired) electrons. The van der Waals surface area contributed by atoms with Gasteiger partial charge in [0.15, 0.2) is 0 Å². The highest BCUT2D eigenvalue weighted by atomic mass is 79.9. The van der Waals surface area contributed by atoms with E-state index < -0.39 is 25.5 Å². The van der Waals surface area contributed by atoms with Crippen LogP contribution in [0.25, 0.3) is 10.9 Å². The van der Waals surface area contributed by atoms with Gasteiger partial charge >= 0.3 is 12.1 Å². The minimum atomic E-state index is -3.09. The highest BCUT2D eigenvalue weighted by Gasteiger charge is 2.37. The second kappa shape index (κ2) is 33.5. The van der Waals surface area contributed by atoms with Crippen LogP contribution >= 0.6 is 23.4 Å². The quantitative estimate of drug-likeness (QED) is 0.0382. The number of fused-ring (bicyclic) bond motifs is 1. The number of rotatable bonds is 38. The van der Waals surface area contributed by atoms with Gasteiger partial charge in [-0.3, -0.25) is 38.0 Å². The number of halogens is 1. The summed E-state index contributed by atoms with van der Waals surface area (Å²) >= 11 is 3.41. The molecule has 4 N–H and O–H groups in total. The normalized spacial score (nSPS) is 13.8. The Labute approximate surface area is 487 Å². The van der Waals surface area contributed by atoms with E-state index in [0.717, 1.165) is 5.39 Å². The lowest BCUT2D eigenvalue weighted by atomic mass is 10.1. The number of nitrogens with zero attached hydrogens (tertiary/aromatic N) is 12. The number of aromatic hydroxyl groups is 1. The van der Waals surface area contributed by atoms with Crippen LogP contribution < -0.4 is 25.6 Å². The first-order chi connectivity index (χ1) is 39.1. The zero-order chi connectivity index (χ0) is 59.8. The fourth-order valence-electron chi connectivity index (χ4n) is 8.84. The number of anilines is 2. The summed E-state index contributed by atoms with van der Waals surface area (Å²) in [6.45, 7) is 6.03. The molecule has 4 aromatic rings. The minimum absolute atomic E-state index is 0.00553. The SMILES string of the molecule is CC(=O)CCn1cc(CCC(=O)CCCCCNC(=O)OC(CCN(C)C(=O)CCCCC(=O)CCCOCCOc2nc(N(C)CC(N)=O)nc(N3CCN(P(=O)(CC(C)=O)N(C)C)CC3)n2)c2ccc3ccc(O)c(Br)c3n2)nn1. The number of alkyl carbamates (subject to hydrolysis) is 1. The Morgan fingerprint density at radius 3 is 2.21 bits per heavy atom. The number of hydrogen-bond acceptors (Lipinski definition) is 20. The predicted molar refractivity (Wildman–Crippen MR) is 310 cm³/mol. The van der Waals surface area contributed by atoms with E-state index in [1.807, 2.05) is 15.6 Å². The van der Waals surface area contributed by atoms with Gasteiger partial charge in [-0.1, -0.05) is 17.7 Å². The second-order valence-electron chi connectivity index (χ2n) is 20.6. The Hall–Kier alpha value is -6.54. The van der Waals surface area contributed by atoms with Crippen LogP contribution in [0.3, 0.4) is 0 Å². The predicted octanol–water partition coefficient (Wildman–Crippen LogP) is 5.23. The first kappa shape index (κ1) is 66.3. The van der Waals surface area contributed by atoms with Crippen LogP contribution in [-0.2, 0) is 55.8 Å². The molecule has 2 atom stereocenters. The van der Waals surface area contributed by atoms with Crippen molar-refractivity contribution in [2.75, 3.05) is 110 Å². The van der Waals surface area contributed by atoms with Gasteiger partial charge in [0.2, 0.25) is 31.2 Å². The molecular formula is C54H80BrN14O12P. The van der Waals surface area contributed by atoms with Crippen molar-refractivity contribution in [3.8, 4) is 11.8 Å². The standard InChI is InChI=1S/C54H80BrN14O12P/c1-38(70)23-27-68-35-41(62-63-68)19-20-43(73)13-8-7-11-25-57-54(77)81-46(44-21-17-40-18-22-45(74)49(55)50(40)58-44)24-26-65(5)48(76)16-10-9-14-42(72)15-12-32-79-33-34-80-53-60-51(66(6)36-47(56)75)59-52(61-53)67-28-30-69(31-29-67)82(78,64(3)4)37-39(2)71/h17-18,21-22,35,46,74H,7-16,19-20,23-34,36-37H2,1-6H3,(H2,56,75)(H,57,77). The number of nitrogens with one attached hydrogen (secondary N) is 1. The molecule has 3 amide bonds. The molecule has 0 bridgehead atoms. The number of piperazine rings is 1. The molecule has 1 aliphatic rings. The number of ketones is 4. The van der Waals surface area contributed by atoms with Gasteiger partial charge in [-0.05, 0) is 101 Å². The van der Waals surface area contributed by atoms with Crippen LogP contribution in [0.5, 0.6) is 11.8 Å². The average Bonchev–Trinajstić information content (AvgIpc) is 4.00. The van der Waals surface area contributed by atoms with Gasteiger partial charge in [-0.25, -0.2) is 19.1 Å². The molecule has 3 aromatic heterocycles. The number of amides is 3. The summed E-state index contributed by atoms with van der Waals surface area (Å²) in [5, 5.41) is 22.0. The smallest absolute Gasteiger partial charge is 0.407 e. The highest BCUT2D eigenvalue weighted by Crippen LogP contribution is 2.51. The number of aromatic nitrogens is 7. The summed E-state index contributed by atoms with van der Waals surface area (Å²) in [5.41, 5.74) is 7.06. The fourth-order valence-corrected chi connectivity index (χ4v) is 11.7. The van der Waals surface area contributed by atoms with Crippen molar-refractivity contribution >= 4 is 87.2 Å². The number of carbonyl (C=O) groups is 7. The van der Waals surface area contributed by atoms with E-state index in [1.54, 1.807) is 66.8 Å². The van der Waals surface area contributed by atoms with Crippen molar-refractivity contribution in [1.82, 2.24) is 54.5 Å². The summed E-state index contributed by atoms with van der Waals surface area (Å²) in [6.07, 6.45) is 6.41. The number of Topliss-reactive ketones (excluding diaryl/α,β-unsaturated/α-hetero) is 4. The number of phenols is 1. The first-order valence-corrected chi connectivity index (χ1v) is 30.3. The molecule has 5 rings (SSSR count). The molecule has 28 heteroatoms. The van der Waals surface area contributed by atoms with Crippen molar-refractivity contribution in [2.45, 2.75) is 116 Å². The molecule has 4 heterocycles. The Bertz CT molecular complexity index is 2850. The third kappa shape index (κ3) is 22.0. The van der Waals surface area contributed by atoms with Gasteiger partial charge in [-0.15, -0.1) is 5.10 Å². The molecule has 450 valence electrons. The maximum Gasteiger partial charge on any atom is 0.407 e. The molecule has 82 heavy (non-hydrogen) atoms. The zero-order valence-electron chi connectivity index (χ0n) is 48.1. The summed E-state index contributed by atoms with van der Waals surface area (Å²) in [6, 6.07) is 6.85. The van der Waals surface area contributed by atoms with Crippen molar-refractivity contribution in [3.05, 3.63) is 46.3 Å². The van der Waals surface area contributed by atoms with Crippen LogP contribution in [0.2, 0.25) is 0 Å². The van der Waals surface area contributed by atoms with Crippen molar-refractivity contribution in [2.24, 2.45) is 5.73 Å². The topological polar surface area (TPSA) is 321 Å². The van der Waals surface area contributed by atoms with E-state index in [9.17, 15) is 43.2 Å². The Balaban J connectivity index is 0.989. The number of pyridine rings is 1. The van der Waals surface area contributed by atoms with Gasteiger partial charge < -0.3 is 45.1 Å². The lowest BCUT2D eigenvalue weighted by Gasteiger charge is -2.41. The number of aryl methyl sites for hydroxylation is 2. The molecule has 1 fully saturated rings. The van der Waals surface area contributed by atoms with E-state index in [0.29, 0.717) is 150 Å². The van der Waals surface area contributed by atoms with Crippen molar-refractivity contribution < 1.29 is 57.4 Å². The number of hydrogen-bond donors (Lipinski definition) is 3. The van der Waals surface area contributed by atoms with E-state index in [2.05, 4.69) is 46.5 Å². The average molecular weight is 1230 g/mol. The second-order valence-corrected chi connectivity index (χ2v) is 24.4. The number of benzene rings is 1. The van der Waals surface area contributed by atoms with Gasteiger partial charge in [0, 0.05) is 123 Å². The van der Waals surface area contributed by atoms with Gasteiger partial charge in [0.05, 0.1) is 40.7 Å². The Morgan fingerprint density at radius 1 is 0.805 bits per heavy atom. The summed E-state index contributed by atoms with van der Waals surface area (Å²) < 4.78 is 36.7. The van der Waals surface area contributed by atoms with Crippen LogP contribution in [-0.4, -0.2) is 195 Å². The molecule has 1 aromatic carbocycles. The van der Waals surface area contributed by atoms with E-state index >= 15 is 0 Å². The van der Waals surface area contributed by atoms with Gasteiger partial charge in [0.25, 0.3) is 0 Å². The van der Waals surface area contributed by atoms with E-state index in [4.69, 9.17) is 24.9 Å². The zero-order valence-corrected chi connectivity index (χ0v) is 50.5. The highest BCUT2D eigenvalue weighted by molar-refractivity contribution is 9.10. The van der Waals surface area contributed by atoms with Crippen LogP contribution in [0.4, 0.5) is 16.7 Å². The maximum absolute atomic E-state index is 13.8. The maximum atomic E-state index is 13.8. The lowest BCUT2D eigenvalue weighted by Crippen LogP contribution is -2.47. The monoisotopic (exact) mass is 1230 g/mol. The molecule has 0 saturated carbocycles. The van der Waals surface area contributed by atoms with Gasteiger partial charge in [-0.2, -0.15) is 15.0 Å². The molecule has 1 aliphatic heterocycles. The number of nitrogens with two attached hydrogens (primary N) is 1. The number of carbonyl (C=O) groups excluding carboxylic acids is 7. The van der Waals surface area contributed by atoms with Gasteiger partial charge in [0.1, 0.15) is 41.6 Å². The molecule has 1 saturated heterocycles. The van der Waals surface area contributed by atoms with Crippen LogP contribution in [0, 0.1) is 0 Å². The summed E-state index contributed by atoms with van der Waals surface area (Å²) in [5.74, 6) is -0.151. The fraction of sp³-hybridized carbons (Fsp3) is 0.611. The lowest BCUT2D eigenvalue weighted by molar-refractivity contribution is -0.130. The molecule has 0 aliphatic carbocycles. The third-order valence-electron chi connectivity index (χ3n) is 13.5. The van der Waals surface area contributed by atoms with Crippen molar-refractivity contribution in [3.63, 3.8) is 0 Å². The Kier molecular flexibility index (Phi) is 27.1. The summed E-state index contributed by atoms with van der Waals surface area (Å²) in [7, 11) is 3.61. The molecule has 2 unspecified atom stereocenters. The number of unbranched alkanes of at least 4 members (excludes halogenated alkanes) is 3. The number of likely N-dealkylation sites (N-methyl/N-ethyl adjacent to an activating group) is 1. The number of primary amides is 1. The molecular weight excluding hydrogens is 1150 g/mol. The first-order valence-electron chi connectivity index (χ1n) is 27.7. The number of phenolic OH excluding ortho intramolecular Hbond substituents is 1. The van der Waals surface area contributed by atoms with E-state index in [1.165, 1.54) is 18.7 Å². The van der Waals surface area contributed by atoms with Crippen LogP contribution in [0.15, 0.2) is 34.9 Å². The summed E-state index contributed by atoms with van der Waals surface area (Å²) in [4.78, 5) is 110. The third-order valence-corrected chi connectivity index (χ3v) is 17.7. The van der Waals surface area contributed by atoms with Crippen LogP contribution in [0.1, 0.15) is 115 Å². The Morgan fingerprint density at radius 2 is 1.50 bits per heavy atom. The van der Waals surface area contributed by atoms with E-state index in [-0.39, 0.29) is 92.1 Å².